The molecule has 0 bridgehead atoms. The van der Waals surface area contributed by atoms with E-state index >= 15 is 0 Å². The summed E-state index contributed by atoms with van der Waals surface area (Å²) in [6, 6.07) is 101. The van der Waals surface area contributed by atoms with Crippen molar-refractivity contribution >= 4 is 21.8 Å². The number of aromatic nitrogens is 1. The molecule has 0 saturated heterocycles. The van der Waals surface area contributed by atoms with E-state index in [4.69, 9.17) is 0 Å². The SMILES string of the molecule is Cc1ccc2c(c1)C(c1ccccc1)(c1ccccc1)c1ccccc1-2.Cc1cccc(-c2cccc(-c3ccc4c5ccccc5n(-c5ccc(-c6ccccc6)cc5)c4c3)c2)c1.Cc1ccccc1. The fourth-order valence-corrected chi connectivity index (χ4v) is 10.7. The molecule has 1 aliphatic rings. The van der Waals surface area contributed by atoms with Gasteiger partial charge in [-0.3, -0.25) is 0 Å². The minimum absolute atomic E-state index is 0.263. The number of fused-ring (bicyclic) bond motifs is 6. The Morgan fingerprint density at radius 3 is 1.38 bits per heavy atom. The first-order chi connectivity index (χ1) is 35.0. The highest BCUT2D eigenvalue weighted by molar-refractivity contribution is 6.10. The molecule has 1 aliphatic carbocycles. The van der Waals surface area contributed by atoms with Crippen LogP contribution in [0, 0.1) is 20.8 Å². The molecule has 12 aromatic rings. The molecule has 1 nitrogen and oxygen atoms in total. The number of hydrogen-bond acceptors (Lipinski definition) is 0. The molecule has 0 amide bonds. The second-order valence-corrected chi connectivity index (χ2v) is 18.7. The molecule has 0 fully saturated rings. The van der Waals surface area contributed by atoms with Crippen LogP contribution in [0.25, 0.3) is 72.0 Å². The van der Waals surface area contributed by atoms with Crippen LogP contribution in [0.5, 0.6) is 0 Å². The van der Waals surface area contributed by atoms with Gasteiger partial charge in [-0.15, -0.1) is 0 Å². The Morgan fingerprint density at radius 2 is 0.732 bits per heavy atom. The molecule has 0 saturated carbocycles. The summed E-state index contributed by atoms with van der Waals surface area (Å²) in [7, 11) is 0. The van der Waals surface area contributed by atoms with Crippen LogP contribution < -0.4 is 0 Å². The van der Waals surface area contributed by atoms with Crippen LogP contribution >= 0.6 is 0 Å². The normalized spacial score (nSPS) is 12.0. The fourth-order valence-electron chi connectivity index (χ4n) is 10.7. The van der Waals surface area contributed by atoms with E-state index in [0.29, 0.717) is 0 Å². The van der Waals surface area contributed by atoms with Crippen molar-refractivity contribution in [2.75, 3.05) is 0 Å². The Hall–Kier alpha value is -8.78. The summed E-state index contributed by atoms with van der Waals surface area (Å²) < 4.78 is 2.40. The number of hydrogen-bond donors (Lipinski definition) is 0. The summed E-state index contributed by atoms with van der Waals surface area (Å²) in [5, 5.41) is 2.54. The molecule has 340 valence electrons. The Morgan fingerprint density at radius 1 is 0.268 bits per heavy atom. The smallest absolute Gasteiger partial charge is 0.0713 e. The Kier molecular flexibility index (Phi) is 12.4. The molecule has 11 aromatic carbocycles. The number of benzene rings is 11. The van der Waals surface area contributed by atoms with Crippen molar-refractivity contribution in [2.24, 2.45) is 0 Å². The molecule has 0 N–H and O–H groups in total. The van der Waals surface area contributed by atoms with Gasteiger partial charge in [0.25, 0.3) is 0 Å². The monoisotopic (exact) mass is 909 g/mol. The first-order valence-corrected chi connectivity index (χ1v) is 24.7. The van der Waals surface area contributed by atoms with Crippen molar-refractivity contribution in [2.45, 2.75) is 26.2 Å². The van der Waals surface area contributed by atoms with Crippen molar-refractivity contribution in [3.63, 3.8) is 0 Å². The summed E-state index contributed by atoms with van der Waals surface area (Å²) in [4.78, 5) is 0. The van der Waals surface area contributed by atoms with Gasteiger partial charge in [0.15, 0.2) is 0 Å². The van der Waals surface area contributed by atoms with Crippen LogP contribution in [-0.2, 0) is 5.41 Å². The predicted octanol–water partition coefficient (Wildman–Crippen LogP) is 18.4. The van der Waals surface area contributed by atoms with Gasteiger partial charge in [0, 0.05) is 16.5 Å². The quantitative estimate of drug-likeness (QED) is 0.157. The van der Waals surface area contributed by atoms with Gasteiger partial charge in [0.2, 0.25) is 0 Å². The zero-order valence-corrected chi connectivity index (χ0v) is 40.5. The predicted molar refractivity (Wildman–Crippen MR) is 301 cm³/mol. The average molecular weight is 910 g/mol. The summed E-state index contributed by atoms with van der Waals surface area (Å²) >= 11 is 0. The zero-order chi connectivity index (χ0) is 48.2. The van der Waals surface area contributed by atoms with Gasteiger partial charge in [0.05, 0.1) is 16.4 Å². The third-order valence-corrected chi connectivity index (χ3v) is 14.0. The van der Waals surface area contributed by atoms with Gasteiger partial charge in [-0.05, 0) is 118 Å². The topological polar surface area (TPSA) is 4.93 Å². The number of nitrogens with zero attached hydrogens (tertiary/aromatic N) is 1. The highest BCUT2D eigenvalue weighted by Gasteiger charge is 2.45. The second-order valence-electron chi connectivity index (χ2n) is 18.7. The van der Waals surface area contributed by atoms with Gasteiger partial charge in [-0.1, -0.05) is 265 Å². The molecule has 0 unspecified atom stereocenters. The largest absolute Gasteiger partial charge is 0.309 e. The second kappa shape index (κ2) is 19.7. The maximum atomic E-state index is 2.40. The molecule has 71 heavy (non-hydrogen) atoms. The van der Waals surface area contributed by atoms with Gasteiger partial charge >= 0.3 is 0 Å². The maximum Gasteiger partial charge on any atom is 0.0713 e. The molecule has 0 atom stereocenters. The van der Waals surface area contributed by atoms with E-state index in [1.54, 1.807) is 0 Å². The van der Waals surface area contributed by atoms with Crippen LogP contribution in [0.3, 0.4) is 0 Å². The van der Waals surface area contributed by atoms with Crippen LogP contribution in [0.1, 0.15) is 38.9 Å². The third kappa shape index (κ3) is 8.69. The molecule has 1 heteroatoms. The average Bonchev–Trinajstić information content (AvgIpc) is 3.92. The molecule has 1 heterocycles. The van der Waals surface area contributed by atoms with Gasteiger partial charge < -0.3 is 4.57 Å². The van der Waals surface area contributed by atoms with E-state index in [0.717, 1.165) is 0 Å². The zero-order valence-electron chi connectivity index (χ0n) is 40.5. The molecule has 0 radical (unpaired) electrons. The van der Waals surface area contributed by atoms with Crippen LogP contribution in [-0.4, -0.2) is 4.57 Å². The van der Waals surface area contributed by atoms with Crippen LogP contribution in [0.2, 0.25) is 0 Å². The minimum atomic E-state index is -0.263. The van der Waals surface area contributed by atoms with E-state index in [1.807, 2.05) is 18.2 Å². The highest BCUT2D eigenvalue weighted by atomic mass is 15.0. The Bertz CT molecular complexity index is 3710. The summed E-state index contributed by atoms with van der Waals surface area (Å²) in [5.41, 5.74) is 22.7. The lowest BCUT2D eigenvalue weighted by Crippen LogP contribution is -2.28. The highest BCUT2D eigenvalue weighted by Crippen LogP contribution is 2.56. The molecule has 1 aromatic heterocycles. The summed E-state index contributed by atoms with van der Waals surface area (Å²) in [5.74, 6) is 0. The summed E-state index contributed by atoms with van der Waals surface area (Å²) in [6.07, 6.45) is 0. The maximum absolute atomic E-state index is 2.40. The van der Waals surface area contributed by atoms with Crippen molar-refractivity contribution in [3.05, 3.63) is 318 Å². The molecule has 13 rings (SSSR count). The van der Waals surface area contributed by atoms with Crippen molar-refractivity contribution in [3.8, 4) is 50.2 Å². The van der Waals surface area contributed by atoms with E-state index in [-0.39, 0.29) is 5.41 Å². The fraction of sp³-hybridized carbons (Fsp3) is 0.0571. The third-order valence-electron chi connectivity index (χ3n) is 14.0. The first kappa shape index (κ1) is 44.7. The van der Waals surface area contributed by atoms with E-state index in [9.17, 15) is 0 Å². The molecule has 0 aliphatic heterocycles. The van der Waals surface area contributed by atoms with Gasteiger partial charge in [-0.25, -0.2) is 0 Å². The molecular formula is C70H55N. The van der Waals surface area contributed by atoms with E-state index in [2.05, 4.69) is 286 Å². The first-order valence-electron chi connectivity index (χ1n) is 24.7. The lowest BCUT2D eigenvalue weighted by molar-refractivity contribution is 0.767. The lowest BCUT2D eigenvalue weighted by Gasteiger charge is -2.34. The Balaban J connectivity index is 0.000000142. The van der Waals surface area contributed by atoms with E-state index < -0.39 is 0 Å². The van der Waals surface area contributed by atoms with Crippen molar-refractivity contribution in [1.82, 2.24) is 4.57 Å². The minimum Gasteiger partial charge on any atom is -0.309 e. The van der Waals surface area contributed by atoms with Crippen LogP contribution in [0.4, 0.5) is 0 Å². The van der Waals surface area contributed by atoms with Crippen molar-refractivity contribution < 1.29 is 0 Å². The lowest BCUT2D eigenvalue weighted by atomic mass is 9.67. The van der Waals surface area contributed by atoms with Crippen molar-refractivity contribution in [1.29, 1.82) is 0 Å². The number of para-hydroxylation sites is 1. The molecule has 0 spiro atoms. The van der Waals surface area contributed by atoms with Gasteiger partial charge in [-0.2, -0.15) is 0 Å². The standard InChI is InChI=1S/C37H27N.C26H20.C7H8/c1-26-9-7-12-29(23-26)30-13-8-14-31(24-30)32-19-22-35-34-15-5-6-16-36(34)38(37(35)25-32)33-20-17-28(18-21-33)27-10-3-2-4-11-27;1-19-16-17-23-22-14-8-9-15-24(22)26(25(23)18-19,20-10-4-2-5-11-20)21-12-6-3-7-13-21;1-7-5-3-2-4-6-7/h2-25H,1H3;2-18H,1H3;2-6H,1H3. The van der Waals surface area contributed by atoms with Crippen LogP contribution in [0.15, 0.2) is 279 Å². The number of aryl methyl sites for hydroxylation is 3. The summed E-state index contributed by atoms with van der Waals surface area (Å²) in [6.45, 7) is 6.41. The van der Waals surface area contributed by atoms with Gasteiger partial charge in [0.1, 0.15) is 0 Å². The number of rotatable bonds is 6. The Labute approximate surface area is 418 Å². The molecular weight excluding hydrogens is 855 g/mol. The van der Waals surface area contributed by atoms with E-state index in [1.165, 1.54) is 111 Å².